The number of carbonyl (C=O) groups excluding carboxylic acids is 2. The van der Waals surface area contributed by atoms with Crippen LogP contribution in [-0.2, 0) is 16.0 Å². The van der Waals surface area contributed by atoms with E-state index in [0.717, 1.165) is 68.6 Å². The lowest BCUT2D eigenvalue weighted by molar-refractivity contribution is -0.119. The minimum atomic E-state index is -0.211. The van der Waals surface area contributed by atoms with Gasteiger partial charge >= 0.3 is 6.03 Å². The number of nitrogens with zero attached hydrogens (tertiary/aromatic N) is 1. The number of ether oxygens (including phenoxy) is 1. The molecule has 4 rings (SSSR count). The number of hydrogen-bond donors (Lipinski definition) is 2. The van der Waals surface area contributed by atoms with Crippen LogP contribution in [0.25, 0.3) is 0 Å². The molecule has 0 radical (unpaired) electrons. The van der Waals surface area contributed by atoms with Crippen molar-refractivity contribution in [2.24, 2.45) is 5.92 Å². The molecule has 6 nitrogen and oxygen atoms in total. The Kier molecular flexibility index (Phi) is 4.61. The number of nitrogens with one attached hydrogen (secondary N) is 2. The van der Waals surface area contributed by atoms with E-state index in [-0.39, 0.29) is 24.0 Å². The standard InChI is InChI=1S/C19H25N3O3/c23-18(13-5-6-13)22-9-1-3-14-11-15(7-8-17(14)22)21-19(24)20-12-16-4-2-10-25-16/h7-8,11,13,16H,1-6,9-10,12H2,(H2,20,21,24)/t16-/m1/s1. The smallest absolute Gasteiger partial charge is 0.319 e. The maximum absolute atomic E-state index is 12.4. The van der Waals surface area contributed by atoms with Crippen LogP contribution in [0.15, 0.2) is 18.2 Å². The second kappa shape index (κ2) is 7.04. The molecule has 2 N–H and O–H groups in total. The van der Waals surface area contributed by atoms with Gasteiger partial charge in [-0.1, -0.05) is 0 Å². The Morgan fingerprint density at radius 3 is 2.84 bits per heavy atom. The predicted octanol–water partition coefficient (Wildman–Crippen LogP) is 2.68. The zero-order valence-corrected chi connectivity index (χ0v) is 14.4. The van der Waals surface area contributed by atoms with Gasteiger partial charge in [-0.05, 0) is 62.3 Å². The summed E-state index contributed by atoms with van der Waals surface area (Å²) in [6, 6.07) is 5.62. The second-order valence-corrected chi connectivity index (χ2v) is 7.18. The summed E-state index contributed by atoms with van der Waals surface area (Å²) in [6.45, 7) is 2.13. The molecule has 6 heteroatoms. The number of urea groups is 1. The third kappa shape index (κ3) is 3.79. The van der Waals surface area contributed by atoms with Crippen LogP contribution in [0.2, 0.25) is 0 Å². The summed E-state index contributed by atoms with van der Waals surface area (Å²) in [6.07, 6.45) is 6.16. The van der Waals surface area contributed by atoms with Gasteiger partial charge in [-0.15, -0.1) is 0 Å². The largest absolute Gasteiger partial charge is 0.376 e. The van der Waals surface area contributed by atoms with E-state index in [0.29, 0.717) is 6.54 Å². The third-order valence-electron chi connectivity index (χ3n) is 5.16. The minimum Gasteiger partial charge on any atom is -0.376 e. The first-order chi connectivity index (χ1) is 12.2. The quantitative estimate of drug-likeness (QED) is 0.883. The molecule has 3 aliphatic rings. The molecule has 2 aliphatic heterocycles. The summed E-state index contributed by atoms with van der Waals surface area (Å²) < 4.78 is 5.51. The van der Waals surface area contributed by atoms with Crippen LogP contribution in [0, 0.1) is 5.92 Å². The molecule has 1 aromatic carbocycles. The molecule has 2 heterocycles. The Bertz CT molecular complexity index is 666. The van der Waals surface area contributed by atoms with E-state index < -0.39 is 0 Å². The van der Waals surface area contributed by atoms with E-state index >= 15 is 0 Å². The van der Waals surface area contributed by atoms with Crippen molar-refractivity contribution in [3.8, 4) is 0 Å². The summed E-state index contributed by atoms with van der Waals surface area (Å²) in [5, 5.41) is 5.75. The highest BCUT2D eigenvalue weighted by Crippen LogP contribution is 2.36. The van der Waals surface area contributed by atoms with Crippen LogP contribution in [0.5, 0.6) is 0 Å². The Balaban J connectivity index is 1.38. The van der Waals surface area contributed by atoms with Gasteiger partial charge < -0.3 is 20.3 Å². The second-order valence-electron chi connectivity index (χ2n) is 7.18. The maximum Gasteiger partial charge on any atom is 0.319 e. The number of fused-ring (bicyclic) bond motifs is 1. The number of rotatable bonds is 4. The lowest BCUT2D eigenvalue weighted by Crippen LogP contribution is -2.37. The van der Waals surface area contributed by atoms with Gasteiger partial charge in [0.05, 0.1) is 6.10 Å². The van der Waals surface area contributed by atoms with Gasteiger partial charge in [0.2, 0.25) is 5.91 Å². The van der Waals surface area contributed by atoms with Gasteiger partial charge in [0.25, 0.3) is 0 Å². The van der Waals surface area contributed by atoms with Crippen LogP contribution in [0.3, 0.4) is 0 Å². The number of hydrogen-bond acceptors (Lipinski definition) is 3. The number of aryl methyl sites for hydroxylation is 1. The number of amides is 3. The van der Waals surface area contributed by atoms with Gasteiger partial charge in [-0.25, -0.2) is 4.79 Å². The summed E-state index contributed by atoms with van der Waals surface area (Å²) in [5.41, 5.74) is 2.91. The topological polar surface area (TPSA) is 70.7 Å². The Labute approximate surface area is 147 Å². The number of carbonyl (C=O) groups is 2. The highest BCUT2D eigenvalue weighted by Gasteiger charge is 2.35. The number of benzene rings is 1. The molecule has 1 aromatic rings. The van der Waals surface area contributed by atoms with Crippen molar-refractivity contribution >= 4 is 23.3 Å². The molecular weight excluding hydrogens is 318 g/mol. The molecule has 0 aromatic heterocycles. The molecule has 25 heavy (non-hydrogen) atoms. The van der Waals surface area contributed by atoms with Crippen LogP contribution in [-0.4, -0.2) is 37.7 Å². The van der Waals surface area contributed by atoms with Crippen LogP contribution >= 0.6 is 0 Å². The van der Waals surface area contributed by atoms with Gasteiger partial charge in [0, 0.05) is 37.0 Å². The van der Waals surface area contributed by atoms with Gasteiger partial charge in [0.15, 0.2) is 0 Å². The van der Waals surface area contributed by atoms with Crippen LogP contribution in [0.4, 0.5) is 16.2 Å². The highest BCUT2D eigenvalue weighted by atomic mass is 16.5. The first-order valence-electron chi connectivity index (χ1n) is 9.31. The van der Waals surface area contributed by atoms with E-state index in [9.17, 15) is 9.59 Å². The van der Waals surface area contributed by atoms with Crippen LogP contribution < -0.4 is 15.5 Å². The van der Waals surface area contributed by atoms with Crippen molar-refractivity contribution in [2.45, 2.75) is 44.6 Å². The molecule has 134 valence electrons. The Morgan fingerprint density at radius 1 is 1.20 bits per heavy atom. The molecule has 3 amide bonds. The highest BCUT2D eigenvalue weighted by molar-refractivity contribution is 5.98. The van der Waals surface area contributed by atoms with E-state index in [1.54, 1.807) is 0 Å². The monoisotopic (exact) mass is 343 g/mol. The summed E-state index contributed by atoms with van der Waals surface area (Å²) in [4.78, 5) is 26.4. The molecule has 1 atom stereocenters. The normalized spacial score (nSPS) is 22.4. The zero-order chi connectivity index (χ0) is 17.2. The summed E-state index contributed by atoms with van der Waals surface area (Å²) in [5.74, 6) is 0.489. The van der Waals surface area contributed by atoms with E-state index in [2.05, 4.69) is 10.6 Å². The summed E-state index contributed by atoms with van der Waals surface area (Å²) >= 11 is 0. The van der Waals surface area contributed by atoms with Crippen molar-refractivity contribution in [1.29, 1.82) is 0 Å². The van der Waals surface area contributed by atoms with Gasteiger partial charge in [-0.3, -0.25) is 4.79 Å². The molecule has 0 unspecified atom stereocenters. The molecule has 1 saturated carbocycles. The zero-order valence-electron chi connectivity index (χ0n) is 14.4. The fourth-order valence-electron chi connectivity index (χ4n) is 3.64. The van der Waals surface area contributed by atoms with Crippen LogP contribution in [0.1, 0.15) is 37.7 Å². The maximum atomic E-state index is 12.4. The van der Waals surface area contributed by atoms with E-state index in [1.165, 1.54) is 0 Å². The van der Waals surface area contributed by atoms with Crippen molar-refractivity contribution in [2.75, 3.05) is 29.9 Å². The predicted molar refractivity (Wildman–Crippen MR) is 95.8 cm³/mol. The fourth-order valence-corrected chi connectivity index (χ4v) is 3.64. The average Bonchev–Trinajstić information content (AvgIpc) is 3.34. The van der Waals surface area contributed by atoms with Crippen molar-refractivity contribution in [3.05, 3.63) is 23.8 Å². The number of anilines is 2. The molecular formula is C19H25N3O3. The van der Waals surface area contributed by atoms with Crippen molar-refractivity contribution < 1.29 is 14.3 Å². The Morgan fingerprint density at radius 2 is 2.08 bits per heavy atom. The molecule has 0 bridgehead atoms. The van der Waals surface area contributed by atoms with E-state index in [4.69, 9.17) is 4.74 Å². The minimum absolute atomic E-state index is 0.135. The fraction of sp³-hybridized carbons (Fsp3) is 0.579. The first-order valence-corrected chi connectivity index (χ1v) is 9.31. The molecule has 1 aliphatic carbocycles. The lowest BCUT2D eigenvalue weighted by atomic mass is 10.0. The SMILES string of the molecule is O=C(NC[C@H]1CCCO1)Nc1ccc2c(c1)CCCN2C(=O)C1CC1. The average molecular weight is 343 g/mol. The molecule has 2 fully saturated rings. The van der Waals surface area contributed by atoms with Gasteiger partial charge in [0.1, 0.15) is 0 Å². The van der Waals surface area contributed by atoms with Crippen molar-refractivity contribution in [1.82, 2.24) is 5.32 Å². The lowest BCUT2D eigenvalue weighted by Gasteiger charge is -2.30. The van der Waals surface area contributed by atoms with E-state index in [1.807, 2.05) is 23.1 Å². The molecule has 0 spiro atoms. The third-order valence-corrected chi connectivity index (χ3v) is 5.16. The summed E-state index contributed by atoms with van der Waals surface area (Å²) in [7, 11) is 0. The molecule has 1 saturated heterocycles. The van der Waals surface area contributed by atoms with Crippen molar-refractivity contribution in [3.63, 3.8) is 0 Å². The van der Waals surface area contributed by atoms with Gasteiger partial charge in [-0.2, -0.15) is 0 Å². The Hall–Kier alpha value is -2.08. The first kappa shape index (κ1) is 16.4.